The van der Waals surface area contributed by atoms with Crippen LogP contribution in [0.2, 0.25) is 0 Å². The van der Waals surface area contributed by atoms with Gasteiger partial charge in [0.05, 0.1) is 0 Å². The fraction of sp³-hybridized carbons (Fsp3) is 0.526. The number of hydrogen-bond donors (Lipinski definition) is 1. The molecule has 0 bridgehead atoms. The molecule has 0 heterocycles. The third kappa shape index (κ3) is 5.37. The van der Waals surface area contributed by atoms with E-state index in [1.807, 2.05) is 6.08 Å². The first-order chi connectivity index (χ1) is 9.61. The predicted molar refractivity (Wildman–Crippen MR) is 91.8 cm³/mol. The van der Waals surface area contributed by atoms with E-state index in [0.717, 1.165) is 5.69 Å². The van der Waals surface area contributed by atoms with Gasteiger partial charge in [-0.15, -0.1) is 0 Å². The molecule has 0 radical (unpaired) electrons. The maximum Gasteiger partial charge on any atom is 0.248 e. The van der Waals surface area contributed by atoms with Crippen molar-refractivity contribution in [2.24, 2.45) is 5.41 Å². The van der Waals surface area contributed by atoms with Crippen molar-refractivity contribution in [2.45, 2.75) is 60.3 Å². The van der Waals surface area contributed by atoms with Crippen molar-refractivity contribution in [2.75, 3.05) is 5.32 Å². The van der Waals surface area contributed by atoms with Crippen molar-refractivity contribution in [3.63, 3.8) is 0 Å². The topological polar surface area (TPSA) is 29.1 Å². The second-order valence-corrected chi connectivity index (χ2v) is 7.31. The smallest absolute Gasteiger partial charge is 0.248 e. The van der Waals surface area contributed by atoms with Crippen LogP contribution in [0.1, 0.15) is 71.4 Å². The number of carbonyl (C=O) groups excluding carboxylic acids is 1. The Morgan fingerprint density at radius 1 is 1.05 bits per heavy atom. The van der Waals surface area contributed by atoms with E-state index in [1.54, 1.807) is 6.08 Å². The highest BCUT2D eigenvalue weighted by Crippen LogP contribution is 2.32. The molecule has 0 atom stereocenters. The van der Waals surface area contributed by atoms with E-state index in [1.165, 1.54) is 11.1 Å². The van der Waals surface area contributed by atoms with E-state index >= 15 is 0 Å². The first-order valence-corrected chi connectivity index (χ1v) is 7.75. The number of para-hydroxylation sites is 1. The lowest BCUT2D eigenvalue weighted by Crippen LogP contribution is -2.14. The number of allylic oxidation sites excluding steroid dienone is 1. The average molecular weight is 287 g/mol. The summed E-state index contributed by atoms with van der Waals surface area (Å²) < 4.78 is 0. The molecule has 21 heavy (non-hydrogen) atoms. The van der Waals surface area contributed by atoms with Crippen LogP contribution in [0, 0.1) is 5.41 Å². The number of hydrogen-bond acceptors (Lipinski definition) is 1. The van der Waals surface area contributed by atoms with Gasteiger partial charge in [-0.25, -0.2) is 0 Å². The molecule has 0 aliphatic carbocycles. The van der Waals surface area contributed by atoms with Gasteiger partial charge >= 0.3 is 0 Å². The minimum absolute atomic E-state index is 0.00971. The highest BCUT2D eigenvalue weighted by Gasteiger charge is 2.15. The van der Waals surface area contributed by atoms with Crippen LogP contribution in [-0.4, -0.2) is 5.91 Å². The van der Waals surface area contributed by atoms with E-state index in [9.17, 15) is 4.79 Å². The fourth-order valence-electron chi connectivity index (χ4n) is 2.19. The van der Waals surface area contributed by atoms with Crippen molar-refractivity contribution in [3.05, 3.63) is 41.5 Å². The zero-order chi connectivity index (χ0) is 16.2. The molecule has 0 aliphatic rings. The monoisotopic (exact) mass is 287 g/mol. The number of anilines is 1. The predicted octanol–water partition coefficient (Wildman–Crippen LogP) is 5.47. The lowest BCUT2D eigenvalue weighted by atomic mass is 9.92. The van der Waals surface area contributed by atoms with Crippen LogP contribution in [0.3, 0.4) is 0 Å². The summed E-state index contributed by atoms with van der Waals surface area (Å²) in [6, 6.07) is 6.27. The number of amides is 1. The van der Waals surface area contributed by atoms with Gasteiger partial charge in [0, 0.05) is 5.69 Å². The molecule has 1 amide bonds. The van der Waals surface area contributed by atoms with Crippen LogP contribution in [0.15, 0.2) is 30.4 Å². The van der Waals surface area contributed by atoms with Crippen LogP contribution in [0.4, 0.5) is 5.69 Å². The Balaban J connectivity index is 3.11. The maximum absolute atomic E-state index is 12.2. The van der Waals surface area contributed by atoms with E-state index in [0.29, 0.717) is 11.8 Å². The summed E-state index contributed by atoms with van der Waals surface area (Å²) in [4.78, 5) is 12.2. The van der Waals surface area contributed by atoms with Crippen molar-refractivity contribution < 1.29 is 4.79 Å². The number of nitrogens with one attached hydrogen (secondary N) is 1. The molecule has 0 spiro atoms. The third-order valence-corrected chi connectivity index (χ3v) is 3.36. The van der Waals surface area contributed by atoms with Crippen LogP contribution < -0.4 is 5.32 Å². The highest BCUT2D eigenvalue weighted by molar-refractivity contribution is 6.00. The Kier molecular flexibility index (Phi) is 5.77. The van der Waals surface area contributed by atoms with Crippen molar-refractivity contribution >= 4 is 11.6 Å². The van der Waals surface area contributed by atoms with Gasteiger partial charge in [-0.2, -0.15) is 0 Å². The fourth-order valence-corrected chi connectivity index (χ4v) is 2.19. The molecule has 0 saturated heterocycles. The lowest BCUT2D eigenvalue weighted by molar-refractivity contribution is -0.112. The van der Waals surface area contributed by atoms with Gasteiger partial charge in [0.15, 0.2) is 0 Å². The Labute approximate surface area is 129 Å². The van der Waals surface area contributed by atoms with Crippen molar-refractivity contribution in [3.8, 4) is 0 Å². The molecule has 0 aromatic heterocycles. The molecule has 1 rings (SSSR count). The Morgan fingerprint density at radius 2 is 1.52 bits per heavy atom. The maximum atomic E-state index is 12.2. The summed E-state index contributed by atoms with van der Waals surface area (Å²) in [5.74, 6) is 0.705. The summed E-state index contributed by atoms with van der Waals surface area (Å²) in [5.41, 5.74) is 3.37. The molecule has 2 heteroatoms. The van der Waals surface area contributed by atoms with Gasteiger partial charge in [0.1, 0.15) is 0 Å². The van der Waals surface area contributed by atoms with E-state index in [2.05, 4.69) is 72.0 Å². The van der Waals surface area contributed by atoms with E-state index in [-0.39, 0.29) is 11.3 Å². The largest absolute Gasteiger partial charge is 0.322 e. The molecular weight excluding hydrogens is 258 g/mol. The molecule has 1 aromatic rings. The average Bonchev–Trinajstić information content (AvgIpc) is 2.35. The molecule has 2 nitrogen and oxygen atoms in total. The normalized spacial score (nSPS) is 12.4. The number of benzene rings is 1. The first kappa shape index (κ1) is 17.5. The zero-order valence-corrected chi connectivity index (χ0v) is 14.4. The summed E-state index contributed by atoms with van der Waals surface area (Å²) in [6.07, 6.45) is 3.58. The number of carbonyl (C=O) groups is 1. The standard InChI is InChI=1S/C19H29NO/c1-13(2)15-9-8-10-16(14(3)4)18(15)20-17(21)11-12-19(5,6)7/h8-14H,1-7H3,(H,20,21). The molecule has 1 aromatic carbocycles. The molecule has 116 valence electrons. The quantitative estimate of drug-likeness (QED) is 0.730. The minimum atomic E-state index is -0.0556. The molecular formula is C19H29NO. The summed E-state index contributed by atoms with van der Waals surface area (Å²) in [6.45, 7) is 14.9. The van der Waals surface area contributed by atoms with Crippen molar-refractivity contribution in [1.29, 1.82) is 0 Å². The van der Waals surface area contributed by atoms with Gasteiger partial charge in [-0.05, 0) is 34.5 Å². The third-order valence-electron chi connectivity index (χ3n) is 3.36. The van der Waals surface area contributed by atoms with Gasteiger partial charge in [-0.1, -0.05) is 72.7 Å². The van der Waals surface area contributed by atoms with E-state index in [4.69, 9.17) is 0 Å². The van der Waals surface area contributed by atoms with Crippen LogP contribution in [0.5, 0.6) is 0 Å². The lowest BCUT2D eigenvalue weighted by Gasteiger charge is -2.20. The van der Waals surface area contributed by atoms with Gasteiger partial charge < -0.3 is 5.32 Å². The van der Waals surface area contributed by atoms with Crippen LogP contribution in [0.25, 0.3) is 0 Å². The van der Waals surface area contributed by atoms with Crippen molar-refractivity contribution in [1.82, 2.24) is 0 Å². The Hall–Kier alpha value is -1.57. The van der Waals surface area contributed by atoms with Gasteiger partial charge in [-0.3, -0.25) is 4.79 Å². The van der Waals surface area contributed by atoms with Crippen LogP contribution >= 0.6 is 0 Å². The van der Waals surface area contributed by atoms with Crippen LogP contribution in [-0.2, 0) is 4.79 Å². The zero-order valence-electron chi connectivity index (χ0n) is 14.4. The Bertz CT molecular complexity index is 493. The molecule has 0 aliphatic heterocycles. The molecule has 1 N–H and O–H groups in total. The Morgan fingerprint density at radius 3 is 1.90 bits per heavy atom. The van der Waals surface area contributed by atoms with Gasteiger partial charge in [0.25, 0.3) is 0 Å². The summed E-state index contributed by atoms with van der Waals surface area (Å²) >= 11 is 0. The first-order valence-electron chi connectivity index (χ1n) is 7.75. The molecule has 0 unspecified atom stereocenters. The highest BCUT2D eigenvalue weighted by atomic mass is 16.1. The molecule has 0 saturated carbocycles. The minimum Gasteiger partial charge on any atom is -0.322 e. The second-order valence-electron chi connectivity index (χ2n) is 7.31. The van der Waals surface area contributed by atoms with Gasteiger partial charge in [0.2, 0.25) is 5.91 Å². The SMILES string of the molecule is CC(C)c1cccc(C(C)C)c1NC(=O)C=CC(C)(C)C. The number of rotatable bonds is 4. The summed E-state index contributed by atoms with van der Waals surface area (Å²) in [5, 5.41) is 3.09. The second kappa shape index (κ2) is 6.93. The molecule has 0 fully saturated rings. The van der Waals surface area contributed by atoms with E-state index < -0.39 is 0 Å². The summed E-state index contributed by atoms with van der Waals surface area (Å²) in [7, 11) is 0.